The van der Waals surface area contributed by atoms with Gasteiger partial charge in [0, 0.05) is 37.2 Å². The van der Waals surface area contributed by atoms with Crippen LogP contribution in [-0.4, -0.2) is 39.5 Å². The molecule has 3 rings (SSSR count). The number of nitrogens with one attached hydrogen (secondary N) is 1. The first kappa shape index (κ1) is 19.8. The monoisotopic (exact) mass is 405 g/mol. The molecular weight excluding hydrogens is 386 g/mol. The van der Waals surface area contributed by atoms with Gasteiger partial charge >= 0.3 is 0 Å². The Morgan fingerprint density at radius 1 is 1.25 bits per heavy atom. The maximum absolute atomic E-state index is 12.5. The van der Waals surface area contributed by atoms with Gasteiger partial charge in [-0.05, 0) is 48.7 Å². The van der Waals surface area contributed by atoms with E-state index in [0.717, 1.165) is 36.2 Å². The zero-order valence-electron chi connectivity index (χ0n) is 15.1. The standard InChI is InChI=1S/C18H19N3O6S/c1-27-12-18(22)20-10-2-3-13-11-14(4-9-17(13)20)19-28(25,26)16-7-5-15(6-8-16)21(23)24/h4-9,11,19H,2-3,10,12H2,1H3. The van der Waals surface area contributed by atoms with E-state index in [0.29, 0.717) is 12.2 Å². The number of carbonyl (C=O) groups excluding carboxylic acids is 1. The van der Waals surface area contributed by atoms with Crippen LogP contribution >= 0.6 is 0 Å². The van der Waals surface area contributed by atoms with E-state index in [2.05, 4.69) is 4.72 Å². The fourth-order valence-corrected chi connectivity index (χ4v) is 4.13. The molecule has 2 aromatic carbocycles. The maximum atomic E-state index is 12.5. The van der Waals surface area contributed by atoms with Crippen LogP contribution in [-0.2, 0) is 26.0 Å². The molecule has 0 fully saturated rings. The molecular formula is C18H19N3O6S. The van der Waals surface area contributed by atoms with Crippen LogP contribution in [0.1, 0.15) is 12.0 Å². The number of methoxy groups -OCH3 is 1. The summed E-state index contributed by atoms with van der Waals surface area (Å²) in [6, 6.07) is 9.63. The van der Waals surface area contributed by atoms with Gasteiger partial charge in [0.15, 0.2) is 0 Å². The van der Waals surface area contributed by atoms with Crippen LogP contribution in [0.2, 0.25) is 0 Å². The Kier molecular flexibility index (Phi) is 5.61. The van der Waals surface area contributed by atoms with Gasteiger partial charge < -0.3 is 9.64 Å². The van der Waals surface area contributed by atoms with Gasteiger partial charge in [-0.1, -0.05) is 0 Å². The third kappa shape index (κ3) is 4.12. The number of aryl methyl sites for hydroxylation is 1. The number of hydrogen-bond donors (Lipinski definition) is 1. The second kappa shape index (κ2) is 7.95. The SMILES string of the molecule is COCC(=O)N1CCCc2cc(NS(=O)(=O)c3ccc([N+](=O)[O-])cc3)ccc21. The van der Waals surface area contributed by atoms with Crippen molar-refractivity contribution in [2.24, 2.45) is 0 Å². The Balaban J connectivity index is 1.83. The van der Waals surface area contributed by atoms with Crippen molar-refractivity contribution in [3.63, 3.8) is 0 Å². The van der Waals surface area contributed by atoms with Gasteiger partial charge in [0.2, 0.25) is 0 Å². The Bertz CT molecular complexity index is 1000. The number of carbonyl (C=O) groups is 1. The molecule has 1 aliphatic heterocycles. The summed E-state index contributed by atoms with van der Waals surface area (Å²) in [5.74, 6) is -0.150. The molecule has 10 heteroatoms. The number of sulfonamides is 1. The van der Waals surface area contributed by atoms with E-state index >= 15 is 0 Å². The molecule has 1 heterocycles. The lowest BCUT2D eigenvalue weighted by Crippen LogP contribution is -2.37. The first-order valence-corrected chi connectivity index (χ1v) is 9.99. The normalized spacial score (nSPS) is 13.7. The molecule has 2 aromatic rings. The number of benzene rings is 2. The lowest BCUT2D eigenvalue weighted by molar-refractivity contribution is -0.384. The maximum Gasteiger partial charge on any atom is 0.269 e. The smallest absolute Gasteiger partial charge is 0.269 e. The molecule has 0 radical (unpaired) electrons. The third-order valence-corrected chi connectivity index (χ3v) is 5.77. The summed E-state index contributed by atoms with van der Waals surface area (Å²) in [6.45, 7) is 0.566. The number of ether oxygens (including phenoxy) is 1. The van der Waals surface area contributed by atoms with Crippen LogP contribution < -0.4 is 9.62 Å². The van der Waals surface area contributed by atoms with Gasteiger partial charge in [-0.2, -0.15) is 0 Å². The summed E-state index contributed by atoms with van der Waals surface area (Å²) >= 11 is 0. The van der Waals surface area contributed by atoms with Gasteiger partial charge in [-0.25, -0.2) is 8.42 Å². The van der Waals surface area contributed by atoms with Crippen molar-refractivity contribution in [1.29, 1.82) is 0 Å². The van der Waals surface area contributed by atoms with Crippen molar-refractivity contribution >= 4 is 33.0 Å². The topological polar surface area (TPSA) is 119 Å². The molecule has 0 saturated heterocycles. The summed E-state index contributed by atoms with van der Waals surface area (Å²) in [7, 11) is -2.44. The number of rotatable bonds is 6. The zero-order chi connectivity index (χ0) is 20.3. The predicted molar refractivity (Wildman–Crippen MR) is 103 cm³/mol. The lowest BCUT2D eigenvalue weighted by atomic mass is 10.0. The molecule has 0 unspecified atom stereocenters. The number of fused-ring (bicyclic) bond motifs is 1. The quantitative estimate of drug-likeness (QED) is 0.582. The molecule has 0 bridgehead atoms. The minimum atomic E-state index is -3.89. The van der Waals surface area contributed by atoms with E-state index < -0.39 is 14.9 Å². The van der Waals surface area contributed by atoms with E-state index in [1.807, 2.05) is 0 Å². The van der Waals surface area contributed by atoms with Crippen molar-refractivity contribution in [2.75, 3.05) is 29.9 Å². The number of nitrogens with zero attached hydrogens (tertiary/aromatic N) is 2. The number of amides is 1. The van der Waals surface area contributed by atoms with E-state index in [9.17, 15) is 23.3 Å². The number of anilines is 2. The average molecular weight is 405 g/mol. The first-order chi connectivity index (χ1) is 13.3. The van der Waals surface area contributed by atoms with E-state index in [-0.39, 0.29) is 23.1 Å². The van der Waals surface area contributed by atoms with Crippen LogP contribution in [0.15, 0.2) is 47.4 Å². The summed E-state index contributed by atoms with van der Waals surface area (Å²) in [5.41, 5.74) is 1.78. The van der Waals surface area contributed by atoms with Gasteiger partial charge in [0.1, 0.15) is 6.61 Å². The molecule has 1 N–H and O–H groups in total. The molecule has 0 aliphatic carbocycles. The van der Waals surface area contributed by atoms with Crippen LogP contribution in [0.25, 0.3) is 0 Å². The van der Waals surface area contributed by atoms with Crippen molar-refractivity contribution in [2.45, 2.75) is 17.7 Å². The minimum Gasteiger partial charge on any atom is -0.375 e. The Morgan fingerprint density at radius 2 is 1.96 bits per heavy atom. The van der Waals surface area contributed by atoms with Crippen molar-refractivity contribution < 1.29 is 22.9 Å². The number of hydrogen-bond acceptors (Lipinski definition) is 6. The molecule has 0 atom stereocenters. The Hall–Kier alpha value is -2.98. The van der Waals surface area contributed by atoms with Gasteiger partial charge in [-0.15, -0.1) is 0 Å². The molecule has 0 aromatic heterocycles. The molecule has 28 heavy (non-hydrogen) atoms. The minimum absolute atomic E-state index is 0.0199. The number of nitro groups is 1. The van der Waals surface area contributed by atoms with Crippen LogP contribution in [0, 0.1) is 10.1 Å². The molecule has 0 spiro atoms. The van der Waals surface area contributed by atoms with Gasteiger partial charge in [-0.3, -0.25) is 19.6 Å². The molecule has 148 valence electrons. The van der Waals surface area contributed by atoms with E-state index in [4.69, 9.17) is 4.74 Å². The molecule has 1 aliphatic rings. The third-order valence-electron chi connectivity index (χ3n) is 4.38. The molecule has 1 amide bonds. The predicted octanol–water partition coefficient (Wildman–Crippen LogP) is 2.32. The van der Waals surface area contributed by atoms with Crippen molar-refractivity contribution in [3.05, 3.63) is 58.1 Å². The van der Waals surface area contributed by atoms with E-state index in [1.54, 1.807) is 23.1 Å². The average Bonchev–Trinajstić information content (AvgIpc) is 2.67. The highest BCUT2D eigenvalue weighted by molar-refractivity contribution is 7.92. The molecule has 0 saturated carbocycles. The highest BCUT2D eigenvalue weighted by Gasteiger charge is 2.23. The largest absolute Gasteiger partial charge is 0.375 e. The zero-order valence-corrected chi connectivity index (χ0v) is 15.9. The lowest BCUT2D eigenvalue weighted by Gasteiger charge is -2.29. The Morgan fingerprint density at radius 3 is 2.61 bits per heavy atom. The van der Waals surface area contributed by atoms with Crippen molar-refractivity contribution in [1.82, 2.24) is 0 Å². The fourth-order valence-electron chi connectivity index (χ4n) is 3.08. The summed E-state index contributed by atoms with van der Waals surface area (Å²) < 4.78 is 32.5. The first-order valence-electron chi connectivity index (χ1n) is 8.51. The highest BCUT2D eigenvalue weighted by Crippen LogP contribution is 2.30. The van der Waals surface area contributed by atoms with Crippen LogP contribution in [0.5, 0.6) is 0 Å². The Labute approximate surface area is 162 Å². The van der Waals surface area contributed by atoms with Gasteiger partial charge in [0.05, 0.1) is 9.82 Å². The van der Waals surface area contributed by atoms with E-state index in [1.165, 1.54) is 19.2 Å². The van der Waals surface area contributed by atoms with Crippen molar-refractivity contribution in [3.8, 4) is 0 Å². The summed E-state index contributed by atoms with van der Waals surface area (Å²) in [4.78, 5) is 23.9. The second-order valence-electron chi connectivity index (χ2n) is 6.28. The number of non-ortho nitro benzene ring substituents is 1. The highest BCUT2D eigenvalue weighted by atomic mass is 32.2. The van der Waals surface area contributed by atoms with Crippen LogP contribution in [0.3, 0.4) is 0 Å². The fraction of sp³-hybridized carbons (Fsp3) is 0.278. The van der Waals surface area contributed by atoms with Crippen LogP contribution in [0.4, 0.5) is 17.1 Å². The molecule has 9 nitrogen and oxygen atoms in total. The summed E-state index contributed by atoms with van der Waals surface area (Å²) in [5, 5.41) is 10.7. The van der Waals surface area contributed by atoms with Gasteiger partial charge in [0.25, 0.3) is 21.6 Å². The second-order valence-corrected chi connectivity index (χ2v) is 7.96. The summed E-state index contributed by atoms with van der Waals surface area (Å²) in [6.07, 6.45) is 1.49. The number of nitro benzene ring substituents is 1.